The van der Waals surface area contributed by atoms with Gasteiger partial charge in [0.05, 0.1) is 17.6 Å². The topological polar surface area (TPSA) is 122 Å². The van der Waals surface area contributed by atoms with E-state index in [9.17, 15) is 4.79 Å². The normalized spacial score (nSPS) is 15.1. The lowest BCUT2D eigenvalue weighted by Crippen LogP contribution is -2.44. The predicted molar refractivity (Wildman–Crippen MR) is 120 cm³/mol. The molecule has 31 heavy (non-hydrogen) atoms. The van der Waals surface area contributed by atoms with Crippen LogP contribution >= 0.6 is 0 Å². The van der Waals surface area contributed by atoms with Crippen LogP contribution in [0.25, 0.3) is 21.9 Å². The Labute approximate surface area is 181 Å². The predicted octanol–water partition coefficient (Wildman–Crippen LogP) is 2.69. The molecule has 0 atom stereocenters. The molecule has 3 aromatic rings. The summed E-state index contributed by atoms with van der Waals surface area (Å²) in [6.45, 7) is 4.82. The number of imidazole rings is 1. The van der Waals surface area contributed by atoms with Crippen molar-refractivity contribution in [3.05, 3.63) is 24.0 Å². The highest BCUT2D eigenvalue weighted by molar-refractivity contribution is 6.06. The van der Waals surface area contributed by atoms with Crippen molar-refractivity contribution in [1.29, 1.82) is 0 Å². The Morgan fingerprint density at radius 3 is 2.71 bits per heavy atom. The Morgan fingerprint density at radius 2 is 2.03 bits per heavy atom. The van der Waals surface area contributed by atoms with Gasteiger partial charge in [-0.25, -0.2) is 14.8 Å². The SMILES string of the molecule is CCCn1c(CCOC)nc2c(N)nc3cc(OC4CCN(C(N)=O)CC4)ccc3c21. The van der Waals surface area contributed by atoms with Gasteiger partial charge in [0.15, 0.2) is 5.82 Å². The average molecular weight is 427 g/mol. The molecule has 4 rings (SSSR count). The number of benzene rings is 1. The highest BCUT2D eigenvalue weighted by Gasteiger charge is 2.23. The van der Waals surface area contributed by atoms with E-state index in [2.05, 4.69) is 16.5 Å². The van der Waals surface area contributed by atoms with Crippen LogP contribution in [0.3, 0.4) is 0 Å². The number of carbonyl (C=O) groups excluding carboxylic acids is 1. The van der Waals surface area contributed by atoms with E-state index in [-0.39, 0.29) is 12.1 Å². The van der Waals surface area contributed by atoms with Crippen LogP contribution in [-0.2, 0) is 17.7 Å². The van der Waals surface area contributed by atoms with Gasteiger partial charge >= 0.3 is 6.03 Å². The van der Waals surface area contributed by atoms with E-state index in [4.69, 9.17) is 25.9 Å². The summed E-state index contributed by atoms with van der Waals surface area (Å²) in [5, 5.41) is 1.00. The number of aryl methyl sites for hydroxylation is 1. The molecule has 3 heterocycles. The summed E-state index contributed by atoms with van der Waals surface area (Å²) >= 11 is 0. The Morgan fingerprint density at radius 1 is 1.26 bits per heavy atom. The second-order valence-electron chi connectivity index (χ2n) is 7.94. The van der Waals surface area contributed by atoms with Crippen LogP contribution in [0.15, 0.2) is 18.2 Å². The molecule has 0 radical (unpaired) electrons. The van der Waals surface area contributed by atoms with Gasteiger partial charge in [-0.1, -0.05) is 6.92 Å². The number of nitrogens with zero attached hydrogens (tertiary/aromatic N) is 4. The summed E-state index contributed by atoms with van der Waals surface area (Å²) in [7, 11) is 1.69. The number of pyridine rings is 1. The van der Waals surface area contributed by atoms with Crippen LogP contribution in [0, 0.1) is 0 Å². The molecule has 0 aliphatic carbocycles. The number of primary amides is 1. The van der Waals surface area contributed by atoms with Crippen LogP contribution in [0.2, 0.25) is 0 Å². The first-order chi connectivity index (χ1) is 15.0. The van der Waals surface area contributed by atoms with E-state index in [0.29, 0.717) is 25.5 Å². The molecule has 0 unspecified atom stereocenters. The molecule has 1 fully saturated rings. The number of urea groups is 1. The number of ether oxygens (including phenoxy) is 2. The molecule has 0 spiro atoms. The lowest BCUT2D eigenvalue weighted by molar-refractivity contribution is 0.114. The molecule has 0 bridgehead atoms. The van der Waals surface area contributed by atoms with Crippen LogP contribution < -0.4 is 16.2 Å². The standard InChI is InChI=1S/C22H30N6O3/c1-3-9-28-18(8-12-30-2)26-19-20(28)16-5-4-15(13-17(16)25-21(19)23)31-14-6-10-27(11-7-14)22(24)29/h4-5,13-14H,3,6-12H2,1-2H3,(H2,23,25)(H2,24,29). The molecule has 1 aliphatic rings. The van der Waals surface area contributed by atoms with Gasteiger partial charge in [0.2, 0.25) is 0 Å². The maximum absolute atomic E-state index is 11.3. The third-order valence-corrected chi connectivity index (χ3v) is 5.79. The van der Waals surface area contributed by atoms with Gasteiger partial charge in [0.1, 0.15) is 23.2 Å². The molecule has 0 saturated carbocycles. The molecular formula is C22H30N6O3. The number of fused-ring (bicyclic) bond motifs is 3. The zero-order valence-electron chi connectivity index (χ0n) is 18.1. The van der Waals surface area contributed by atoms with Gasteiger partial charge in [0, 0.05) is 57.5 Å². The van der Waals surface area contributed by atoms with Crippen LogP contribution in [0.4, 0.5) is 10.6 Å². The van der Waals surface area contributed by atoms with E-state index >= 15 is 0 Å². The quantitative estimate of drug-likeness (QED) is 0.599. The molecule has 9 heteroatoms. The van der Waals surface area contributed by atoms with Gasteiger partial charge in [0.25, 0.3) is 0 Å². The van der Waals surface area contributed by atoms with Gasteiger partial charge in [-0.3, -0.25) is 0 Å². The molecule has 1 saturated heterocycles. The third-order valence-electron chi connectivity index (χ3n) is 5.79. The molecule has 1 aliphatic heterocycles. The average Bonchev–Trinajstić information content (AvgIpc) is 3.12. The number of nitrogen functional groups attached to an aromatic ring is 1. The van der Waals surface area contributed by atoms with Crippen molar-refractivity contribution in [2.24, 2.45) is 5.73 Å². The molecule has 2 amide bonds. The maximum atomic E-state index is 11.3. The first-order valence-corrected chi connectivity index (χ1v) is 10.8. The second kappa shape index (κ2) is 8.97. The Bertz CT molecular complexity index is 1090. The zero-order valence-corrected chi connectivity index (χ0v) is 18.1. The lowest BCUT2D eigenvalue weighted by Gasteiger charge is -2.31. The van der Waals surface area contributed by atoms with E-state index in [1.54, 1.807) is 12.0 Å². The minimum atomic E-state index is -0.374. The summed E-state index contributed by atoms with van der Waals surface area (Å²) in [4.78, 5) is 22.3. The number of hydrogen-bond acceptors (Lipinski definition) is 6. The highest BCUT2D eigenvalue weighted by Crippen LogP contribution is 2.32. The van der Waals surface area contributed by atoms with Crippen molar-refractivity contribution >= 4 is 33.8 Å². The fraction of sp³-hybridized carbons (Fsp3) is 0.500. The van der Waals surface area contributed by atoms with E-state index < -0.39 is 0 Å². The Hall–Kier alpha value is -3.07. The summed E-state index contributed by atoms with van der Waals surface area (Å²) in [5.41, 5.74) is 14.2. The molecule has 4 N–H and O–H groups in total. The summed E-state index contributed by atoms with van der Waals surface area (Å²) in [6.07, 6.45) is 3.25. The third kappa shape index (κ3) is 4.23. The minimum absolute atomic E-state index is 0.0420. The number of methoxy groups -OCH3 is 1. The van der Waals surface area contributed by atoms with Crippen molar-refractivity contribution in [2.45, 2.75) is 45.3 Å². The summed E-state index contributed by atoms with van der Waals surface area (Å²) < 4.78 is 13.7. The van der Waals surface area contributed by atoms with Crippen molar-refractivity contribution in [3.63, 3.8) is 0 Å². The van der Waals surface area contributed by atoms with Crippen LogP contribution in [-0.4, -0.2) is 58.4 Å². The smallest absolute Gasteiger partial charge is 0.314 e. The van der Waals surface area contributed by atoms with Gasteiger partial charge in [-0.2, -0.15) is 0 Å². The fourth-order valence-electron chi connectivity index (χ4n) is 4.25. The van der Waals surface area contributed by atoms with Crippen molar-refractivity contribution in [1.82, 2.24) is 19.4 Å². The number of aromatic nitrogens is 3. The monoisotopic (exact) mass is 426 g/mol. The van der Waals surface area contributed by atoms with Crippen LogP contribution in [0.1, 0.15) is 32.0 Å². The summed E-state index contributed by atoms with van der Waals surface area (Å²) in [5.74, 6) is 2.13. The van der Waals surface area contributed by atoms with Gasteiger partial charge < -0.3 is 30.4 Å². The Kier molecular flexibility index (Phi) is 6.13. The van der Waals surface area contributed by atoms with Gasteiger partial charge in [-0.05, 0) is 18.6 Å². The highest BCUT2D eigenvalue weighted by atomic mass is 16.5. The molecule has 1 aromatic carbocycles. The van der Waals surface area contributed by atoms with Crippen molar-refractivity contribution in [3.8, 4) is 5.75 Å². The number of amides is 2. The lowest BCUT2D eigenvalue weighted by atomic mass is 10.1. The number of rotatable bonds is 7. The number of carbonyl (C=O) groups is 1. The first-order valence-electron chi connectivity index (χ1n) is 10.8. The minimum Gasteiger partial charge on any atom is -0.490 e. The number of piperidine rings is 1. The zero-order chi connectivity index (χ0) is 22.0. The summed E-state index contributed by atoms with van der Waals surface area (Å²) in [6, 6.07) is 5.56. The maximum Gasteiger partial charge on any atom is 0.314 e. The fourth-order valence-corrected chi connectivity index (χ4v) is 4.25. The number of hydrogen-bond donors (Lipinski definition) is 2. The number of nitrogens with two attached hydrogens (primary N) is 2. The van der Waals surface area contributed by atoms with E-state index in [1.807, 2.05) is 18.2 Å². The molecule has 2 aromatic heterocycles. The largest absolute Gasteiger partial charge is 0.490 e. The number of likely N-dealkylation sites (tertiary alicyclic amines) is 1. The Balaban J connectivity index is 1.66. The van der Waals surface area contributed by atoms with Crippen molar-refractivity contribution in [2.75, 3.05) is 32.5 Å². The molecule has 9 nitrogen and oxygen atoms in total. The van der Waals surface area contributed by atoms with Gasteiger partial charge in [-0.15, -0.1) is 0 Å². The second-order valence-corrected chi connectivity index (χ2v) is 7.94. The molecule has 166 valence electrons. The van der Waals surface area contributed by atoms with Crippen molar-refractivity contribution < 1.29 is 14.3 Å². The first kappa shape index (κ1) is 21.2. The van der Waals surface area contributed by atoms with Crippen LogP contribution in [0.5, 0.6) is 5.75 Å². The number of anilines is 1. The van der Waals surface area contributed by atoms with E-state index in [0.717, 1.165) is 65.7 Å². The van der Waals surface area contributed by atoms with E-state index in [1.165, 1.54) is 0 Å². The molecular weight excluding hydrogens is 396 g/mol.